The number of amides is 1. The predicted octanol–water partition coefficient (Wildman–Crippen LogP) is -0.735. The molecular formula is C10H10N2O5S. The molecule has 2 aliphatic heterocycles. The Labute approximate surface area is 103 Å². The van der Waals surface area contributed by atoms with Gasteiger partial charge < -0.3 is 10.0 Å². The Morgan fingerprint density at radius 2 is 2.11 bits per heavy atom. The number of β-lactam (4-membered cyclic amide) rings is 1. The van der Waals surface area contributed by atoms with Crippen molar-refractivity contribution in [1.29, 1.82) is 5.26 Å². The minimum Gasteiger partial charge on any atom is -0.480 e. The largest absolute Gasteiger partial charge is 0.480 e. The van der Waals surface area contributed by atoms with Crippen molar-refractivity contribution < 1.29 is 23.1 Å². The highest BCUT2D eigenvalue weighted by molar-refractivity contribution is 7.94. The van der Waals surface area contributed by atoms with Crippen molar-refractivity contribution in [3.05, 3.63) is 11.6 Å². The van der Waals surface area contributed by atoms with E-state index in [-0.39, 0.29) is 5.57 Å². The molecule has 1 N–H and O–H groups in total. The molecule has 0 aromatic heterocycles. The van der Waals surface area contributed by atoms with Gasteiger partial charge in [-0.3, -0.25) is 4.79 Å². The van der Waals surface area contributed by atoms with Crippen LogP contribution in [0.2, 0.25) is 0 Å². The average Bonchev–Trinajstić information content (AvgIpc) is 2.38. The van der Waals surface area contributed by atoms with Crippen molar-refractivity contribution >= 4 is 21.7 Å². The Balaban J connectivity index is 2.64. The van der Waals surface area contributed by atoms with Crippen molar-refractivity contribution in [1.82, 2.24) is 4.90 Å². The quantitative estimate of drug-likeness (QED) is 0.381. The lowest BCUT2D eigenvalue weighted by Gasteiger charge is -2.37. The summed E-state index contributed by atoms with van der Waals surface area (Å²) in [6, 6.07) is 0.180. The van der Waals surface area contributed by atoms with Crippen molar-refractivity contribution in [3.8, 4) is 6.07 Å². The molecule has 7 nitrogen and oxygen atoms in total. The minimum atomic E-state index is -3.86. The minimum absolute atomic E-state index is 0.158. The Morgan fingerprint density at radius 1 is 1.56 bits per heavy atom. The number of hydrogen-bond acceptors (Lipinski definition) is 5. The van der Waals surface area contributed by atoms with Gasteiger partial charge in [0.25, 0.3) is 5.91 Å². The van der Waals surface area contributed by atoms with Gasteiger partial charge in [-0.1, -0.05) is 0 Å². The van der Waals surface area contributed by atoms with E-state index >= 15 is 0 Å². The van der Waals surface area contributed by atoms with Gasteiger partial charge in [-0.2, -0.15) is 5.26 Å². The van der Waals surface area contributed by atoms with Crippen LogP contribution in [0.3, 0.4) is 0 Å². The first kappa shape index (κ1) is 12.6. The molecule has 1 amide bonds. The van der Waals surface area contributed by atoms with Gasteiger partial charge in [0.1, 0.15) is 4.75 Å². The van der Waals surface area contributed by atoms with E-state index < -0.39 is 37.9 Å². The first-order chi connectivity index (χ1) is 8.17. The smallest absolute Gasteiger partial charge is 0.328 e. The second-order valence-corrected chi connectivity index (χ2v) is 7.27. The van der Waals surface area contributed by atoms with Crippen LogP contribution in [0.5, 0.6) is 0 Å². The fourth-order valence-corrected chi connectivity index (χ4v) is 4.53. The second-order valence-electron chi connectivity index (χ2n) is 4.68. The van der Waals surface area contributed by atoms with Crippen LogP contribution >= 0.6 is 0 Å². The zero-order chi connectivity index (χ0) is 13.9. The van der Waals surface area contributed by atoms with E-state index in [1.165, 1.54) is 13.8 Å². The molecule has 0 bridgehead atoms. The molecule has 2 rings (SSSR count). The number of rotatable bonds is 1. The third kappa shape index (κ3) is 1.14. The van der Waals surface area contributed by atoms with Crippen LogP contribution in [0.25, 0.3) is 0 Å². The summed E-state index contributed by atoms with van der Waals surface area (Å²) in [6.07, 6.45) is 0.862. The average molecular weight is 270 g/mol. The van der Waals surface area contributed by atoms with Gasteiger partial charge in [-0.25, -0.2) is 13.2 Å². The third-order valence-electron chi connectivity index (χ3n) is 3.42. The lowest BCUT2D eigenvalue weighted by atomic mass is 9.96. The maximum Gasteiger partial charge on any atom is 0.328 e. The third-order valence-corrected chi connectivity index (χ3v) is 6.18. The number of hydrogen-bond donors (Lipinski definition) is 1. The van der Waals surface area contributed by atoms with Crippen LogP contribution in [-0.2, 0) is 19.4 Å². The number of aliphatic carboxylic acids is 1. The maximum absolute atomic E-state index is 12.2. The summed E-state index contributed by atoms with van der Waals surface area (Å²) in [7, 11) is -3.86. The molecule has 2 heterocycles. The van der Waals surface area contributed by atoms with E-state index in [0.717, 1.165) is 11.0 Å². The molecule has 0 aromatic carbocycles. The number of carboxylic acid groups (broad SMARTS) is 1. The Bertz CT molecular complexity index is 625. The van der Waals surface area contributed by atoms with E-state index in [1.54, 1.807) is 6.07 Å². The van der Waals surface area contributed by atoms with Gasteiger partial charge >= 0.3 is 5.97 Å². The molecule has 2 atom stereocenters. The zero-order valence-corrected chi connectivity index (χ0v) is 10.4. The molecule has 0 saturated carbocycles. The molecule has 0 aliphatic carbocycles. The molecule has 8 heteroatoms. The van der Waals surface area contributed by atoms with Gasteiger partial charge in [-0.15, -0.1) is 0 Å². The van der Waals surface area contributed by atoms with Crippen LogP contribution in [0.1, 0.15) is 13.8 Å². The van der Waals surface area contributed by atoms with Gasteiger partial charge in [0, 0.05) is 6.08 Å². The SMILES string of the molecule is CC1(C)[C@H](C(=O)O)N2C(=O)C(=CC#N)[C@H]2S1(=O)=O. The van der Waals surface area contributed by atoms with E-state index in [1.807, 2.05) is 0 Å². The number of fused-ring (bicyclic) bond motifs is 1. The van der Waals surface area contributed by atoms with Gasteiger partial charge in [0.15, 0.2) is 21.3 Å². The van der Waals surface area contributed by atoms with Crippen molar-refractivity contribution in [2.75, 3.05) is 0 Å². The fraction of sp³-hybridized carbons (Fsp3) is 0.500. The molecule has 0 spiro atoms. The highest BCUT2D eigenvalue weighted by Gasteiger charge is 2.70. The zero-order valence-electron chi connectivity index (χ0n) is 9.61. The van der Waals surface area contributed by atoms with Crippen LogP contribution in [-0.4, -0.2) is 46.5 Å². The molecular weight excluding hydrogens is 260 g/mol. The number of carboxylic acids is 1. The molecule has 2 fully saturated rings. The van der Waals surface area contributed by atoms with Crippen molar-refractivity contribution in [2.45, 2.75) is 30.0 Å². The highest BCUT2D eigenvalue weighted by Crippen LogP contribution is 2.48. The fourth-order valence-electron chi connectivity index (χ4n) is 2.41. The molecule has 96 valence electrons. The Hall–Kier alpha value is -1.88. The summed E-state index contributed by atoms with van der Waals surface area (Å²) in [5.41, 5.74) is -0.158. The monoisotopic (exact) mass is 270 g/mol. The normalized spacial score (nSPS) is 33.7. The Morgan fingerprint density at radius 3 is 2.56 bits per heavy atom. The summed E-state index contributed by atoms with van der Waals surface area (Å²) < 4.78 is 22.8. The van der Waals surface area contributed by atoms with E-state index in [4.69, 9.17) is 10.4 Å². The number of allylic oxidation sites excluding steroid dienone is 1. The van der Waals surface area contributed by atoms with Crippen LogP contribution in [0.4, 0.5) is 0 Å². The van der Waals surface area contributed by atoms with Gasteiger partial charge in [0.05, 0.1) is 11.6 Å². The summed E-state index contributed by atoms with van der Waals surface area (Å²) >= 11 is 0. The van der Waals surface area contributed by atoms with Crippen molar-refractivity contribution in [2.24, 2.45) is 0 Å². The van der Waals surface area contributed by atoms with Crippen LogP contribution < -0.4 is 0 Å². The number of sulfone groups is 1. The highest BCUT2D eigenvalue weighted by atomic mass is 32.2. The molecule has 2 aliphatic rings. The van der Waals surface area contributed by atoms with Crippen molar-refractivity contribution in [3.63, 3.8) is 0 Å². The maximum atomic E-state index is 12.2. The number of nitriles is 1. The van der Waals surface area contributed by atoms with Crippen LogP contribution in [0, 0.1) is 11.3 Å². The molecule has 0 radical (unpaired) electrons. The number of carbonyl (C=O) groups is 2. The molecule has 2 saturated heterocycles. The lowest BCUT2D eigenvalue weighted by Crippen LogP contribution is -2.58. The summed E-state index contributed by atoms with van der Waals surface area (Å²) in [5, 5.41) is 16.3. The summed E-state index contributed by atoms with van der Waals surface area (Å²) in [6.45, 7) is 2.55. The second kappa shape index (κ2) is 3.32. The van der Waals surface area contributed by atoms with E-state index in [9.17, 15) is 18.0 Å². The summed E-state index contributed by atoms with van der Waals surface area (Å²) in [4.78, 5) is 23.7. The first-order valence-corrected chi connectivity index (χ1v) is 6.61. The molecule has 0 aromatic rings. The topological polar surface area (TPSA) is 116 Å². The first-order valence-electron chi connectivity index (χ1n) is 5.06. The van der Waals surface area contributed by atoms with Gasteiger partial charge in [-0.05, 0) is 13.8 Å². The van der Waals surface area contributed by atoms with E-state index in [0.29, 0.717) is 0 Å². The van der Waals surface area contributed by atoms with Gasteiger partial charge in [0.2, 0.25) is 0 Å². The number of carbonyl (C=O) groups excluding carboxylic acids is 1. The van der Waals surface area contributed by atoms with Crippen LogP contribution in [0.15, 0.2) is 11.6 Å². The number of nitrogens with zero attached hydrogens (tertiary/aromatic N) is 2. The summed E-state index contributed by atoms with van der Waals surface area (Å²) in [5.74, 6) is -2.07. The molecule has 18 heavy (non-hydrogen) atoms. The molecule has 0 unspecified atom stereocenters. The predicted molar refractivity (Wildman–Crippen MR) is 58.8 cm³/mol. The standard InChI is InChI=1S/C10H10N2O5S/c1-10(2)6(9(14)15)12-7(13)5(3-4-11)8(12)18(10,16)17/h3,6,8H,1-2H3,(H,14,15)/t6-,8+/m0/s1. The Kier molecular flexibility index (Phi) is 2.32. The van der Waals surface area contributed by atoms with E-state index in [2.05, 4.69) is 0 Å². The lowest BCUT2D eigenvalue weighted by molar-refractivity contribution is -0.152.